The zero-order valence-corrected chi connectivity index (χ0v) is 8.79. The molecule has 2 nitrogen and oxygen atoms in total. The summed E-state index contributed by atoms with van der Waals surface area (Å²) in [4.78, 5) is 0. The number of hydrogen-bond acceptors (Lipinski definition) is 2. The van der Waals surface area contributed by atoms with E-state index in [1.165, 1.54) is 0 Å². The van der Waals surface area contributed by atoms with Crippen LogP contribution < -0.4 is 0 Å². The first-order valence-corrected chi connectivity index (χ1v) is 4.87. The molecule has 0 saturated heterocycles. The van der Waals surface area contributed by atoms with E-state index in [9.17, 15) is 0 Å². The van der Waals surface area contributed by atoms with Crippen LogP contribution in [0.4, 0.5) is 0 Å². The first-order chi connectivity index (χ1) is 6.06. The Balaban J connectivity index is 3.01. The van der Waals surface area contributed by atoms with Gasteiger partial charge < -0.3 is 4.74 Å². The molecule has 2 atom stereocenters. The Morgan fingerprint density at radius 2 is 2.08 bits per heavy atom. The molecular weight excluding hydrogens is 162 g/mol. The molecule has 0 aromatic carbocycles. The van der Waals surface area contributed by atoms with Gasteiger partial charge in [-0.1, -0.05) is 20.8 Å². The molecule has 72 valence electrons. The average molecular weight is 179 g/mol. The number of hydrogen-bond donors (Lipinski definition) is 0. The van der Waals surface area contributed by atoms with Gasteiger partial charge in [-0.15, -0.1) is 0 Å². The fourth-order valence-corrected chi connectivity index (χ4v) is 1.80. The Kier molecular flexibility index (Phi) is 2.98. The number of allylic oxidation sites excluding steroid dienone is 2. The number of nitrogens with zero attached hydrogens (tertiary/aromatic N) is 1. The predicted octanol–water partition coefficient (Wildman–Crippen LogP) is 2.86. The highest BCUT2D eigenvalue weighted by atomic mass is 16.5. The average Bonchev–Trinajstić information content (AvgIpc) is 2.02. The molecule has 0 N–H and O–H groups in total. The van der Waals surface area contributed by atoms with Gasteiger partial charge in [-0.25, -0.2) is 0 Å². The SMILES string of the molecule is CC1CC(C)C(C#N)=C(C(C)C)O1. The molecule has 2 heteroatoms. The summed E-state index contributed by atoms with van der Waals surface area (Å²) in [5, 5.41) is 8.98. The Morgan fingerprint density at radius 3 is 2.54 bits per heavy atom. The minimum absolute atomic E-state index is 0.254. The summed E-state index contributed by atoms with van der Waals surface area (Å²) < 4.78 is 5.68. The van der Waals surface area contributed by atoms with Crippen molar-refractivity contribution < 1.29 is 4.74 Å². The molecule has 0 aromatic heterocycles. The summed E-state index contributed by atoms with van der Waals surface area (Å²) in [5.41, 5.74) is 0.841. The standard InChI is InChI=1S/C11H17NO/c1-7(2)11-10(6-12)8(3)5-9(4)13-11/h7-9H,5H2,1-4H3. The molecule has 13 heavy (non-hydrogen) atoms. The first-order valence-electron chi connectivity index (χ1n) is 4.87. The smallest absolute Gasteiger partial charge is 0.113 e. The van der Waals surface area contributed by atoms with E-state index in [0.717, 1.165) is 17.8 Å². The van der Waals surface area contributed by atoms with Crippen molar-refractivity contribution >= 4 is 0 Å². The molecule has 0 radical (unpaired) electrons. The van der Waals surface area contributed by atoms with Crippen molar-refractivity contribution in [2.45, 2.75) is 40.2 Å². The van der Waals surface area contributed by atoms with Gasteiger partial charge in [-0.2, -0.15) is 5.26 Å². The Bertz CT molecular complexity index is 260. The Labute approximate surface area is 80.2 Å². The summed E-state index contributed by atoms with van der Waals surface area (Å²) in [6, 6.07) is 2.26. The van der Waals surface area contributed by atoms with E-state index in [-0.39, 0.29) is 6.10 Å². The normalized spacial score (nSPS) is 28.6. The van der Waals surface area contributed by atoms with Gasteiger partial charge in [-0.05, 0) is 19.3 Å². The lowest BCUT2D eigenvalue weighted by Gasteiger charge is -2.29. The third-order valence-corrected chi connectivity index (χ3v) is 2.42. The second-order valence-electron chi connectivity index (χ2n) is 4.11. The quantitative estimate of drug-likeness (QED) is 0.620. The van der Waals surface area contributed by atoms with Crippen LogP contribution in [0.15, 0.2) is 11.3 Å². The fourth-order valence-electron chi connectivity index (χ4n) is 1.80. The van der Waals surface area contributed by atoms with Gasteiger partial charge >= 0.3 is 0 Å². The van der Waals surface area contributed by atoms with E-state index in [2.05, 4.69) is 33.8 Å². The molecule has 1 aliphatic rings. The molecular formula is C11H17NO. The number of rotatable bonds is 1. The van der Waals surface area contributed by atoms with Crippen molar-refractivity contribution in [1.82, 2.24) is 0 Å². The molecule has 0 saturated carbocycles. The van der Waals surface area contributed by atoms with Crippen LogP contribution in [0.1, 0.15) is 34.1 Å². The van der Waals surface area contributed by atoms with Crippen molar-refractivity contribution in [1.29, 1.82) is 5.26 Å². The van der Waals surface area contributed by atoms with Gasteiger partial charge in [0.2, 0.25) is 0 Å². The molecule has 1 heterocycles. The van der Waals surface area contributed by atoms with Crippen LogP contribution in [0.3, 0.4) is 0 Å². The van der Waals surface area contributed by atoms with Crippen LogP contribution in [-0.4, -0.2) is 6.10 Å². The van der Waals surface area contributed by atoms with Crippen LogP contribution in [0.2, 0.25) is 0 Å². The summed E-state index contributed by atoms with van der Waals surface area (Å²) in [6.07, 6.45) is 1.21. The summed E-state index contributed by atoms with van der Waals surface area (Å²) >= 11 is 0. The largest absolute Gasteiger partial charge is 0.494 e. The maximum Gasteiger partial charge on any atom is 0.113 e. The molecule has 2 unspecified atom stereocenters. The summed E-state index contributed by atoms with van der Waals surface area (Å²) in [5.74, 6) is 1.57. The fraction of sp³-hybridized carbons (Fsp3) is 0.727. The Morgan fingerprint density at radius 1 is 1.46 bits per heavy atom. The minimum Gasteiger partial charge on any atom is -0.494 e. The van der Waals surface area contributed by atoms with Crippen LogP contribution in [0.25, 0.3) is 0 Å². The van der Waals surface area contributed by atoms with E-state index in [4.69, 9.17) is 10.00 Å². The molecule has 0 fully saturated rings. The number of ether oxygens (including phenoxy) is 1. The van der Waals surface area contributed by atoms with Crippen molar-refractivity contribution in [3.05, 3.63) is 11.3 Å². The van der Waals surface area contributed by atoms with Crippen LogP contribution in [0, 0.1) is 23.2 Å². The zero-order valence-electron chi connectivity index (χ0n) is 8.79. The van der Waals surface area contributed by atoms with E-state index in [1.807, 2.05) is 0 Å². The van der Waals surface area contributed by atoms with Gasteiger partial charge in [0.25, 0.3) is 0 Å². The van der Waals surface area contributed by atoms with Gasteiger partial charge in [-0.3, -0.25) is 0 Å². The first kappa shape index (κ1) is 10.1. The minimum atomic E-state index is 0.254. The van der Waals surface area contributed by atoms with Gasteiger partial charge in [0.1, 0.15) is 5.76 Å². The molecule has 0 bridgehead atoms. The van der Waals surface area contributed by atoms with Crippen LogP contribution >= 0.6 is 0 Å². The van der Waals surface area contributed by atoms with Gasteiger partial charge in [0.05, 0.1) is 17.7 Å². The molecule has 0 amide bonds. The van der Waals surface area contributed by atoms with Crippen molar-refractivity contribution in [2.24, 2.45) is 11.8 Å². The maximum absolute atomic E-state index is 8.98. The monoisotopic (exact) mass is 179 g/mol. The van der Waals surface area contributed by atoms with E-state index in [0.29, 0.717) is 11.8 Å². The van der Waals surface area contributed by atoms with Crippen molar-refractivity contribution in [3.63, 3.8) is 0 Å². The van der Waals surface area contributed by atoms with E-state index in [1.54, 1.807) is 0 Å². The summed E-state index contributed by atoms with van der Waals surface area (Å²) in [7, 11) is 0. The molecule has 0 aliphatic carbocycles. The third-order valence-electron chi connectivity index (χ3n) is 2.42. The highest BCUT2D eigenvalue weighted by Crippen LogP contribution is 2.32. The molecule has 1 aliphatic heterocycles. The van der Waals surface area contributed by atoms with Crippen molar-refractivity contribution in [2.75, 3.05) is 0 Å². The number of nitriles is 1. The summed E-state index contributed by atoms with van der Waals surface area (Å²) in [6.45, 7) is 8.29. The lowest BCUT2D eigenvalue weighted by molar-refractivity contribution is 0.0745. The third kappa shape index (κ3) is 2.03. The zero-order chi connectivity index (χ0) is 10.0. The van der Waals surface area contributed by atoms with Crippen molar-refractivity contribution in [3.8, 4) is 6.07 Å². The van der Waals surface area contributed by atoms with E-state index < -0.39 is 0 Å². The van der Waals surface area contributed by atoms with Gasteiger partial charge in [0.15, 0.2) is 0 Å². The topological polar surface area (TPSA) is 33.0 Å². The van der Waals surface area contributed by atoms with E-state index >= 15 is 0 Å². The van der Waals surface area contributed by atoms with Crippen LogP contribution in [0.5, 0.6) is 0 Å². The lowest BCUT2D eigenvalue weighted by atomic mass is 9.89. The van der Waals surface area contributed by atoms with Crippen LogP contribution in [-0.2, 0) is 4.74 Å². The lowest BCUT2D eigenvalue weighted by Crippen LogP contribution is -2.23. The highest BCUT2D eigenvalue weighted by molar-refractivity contribution is 5.29. The molecule has 0 spiro atoms. The second-order valence-corrected chi connectivity index (χ2v) is 4.11. The second kappa shape index (κ2) is 3.83. The Hall–Kier alpha value is -0.970. The highest BCUT2D eigenvalue weighted by Gasteiger charge is 2.26. The predicted molar refractivity (Wildman–Crippen MR) is 51.8 cm³/mol. The molecule has 1 rings (SSSR count). The maximum atomic E-state index is 8.98. The van der Waals surface area contributed by atoms with Gasteiger partial charge in [0, 0.05) is 5.92 Å². The molecule has 0 aromatic rings.